The smallest absolute Gasteiger partial charge is 0.394 e. The van der Waals surface area contributed by atoms with Crippen LogP contribution in [-0.2, 0) is 12.7 Å². The highest BCUT2D eigenvalue weighted by molar-refractivity contribution is 5.99. The van der Waals surface area contributed by atoms with Gasteiger partial charge < -0.3 is 15.7 Å². The van der Waals surface area contributed by atoms with Crippen molar-refractivity contribution in [1.82, 2.24) is 9.78 Å². The molecule has 2 aromatic rings. The van der Waals surface area contributed by atoms with Crippen molar-refractivity contribution in [3.63, 3.8) is 0 Å². The molecule has 6 nitrogen and oxygen atoms in total. The third-order valence-electron chi connectivity index (χ3n) is 3.02. The number of nitrogens with zero attached hydrogens (tertiary/aromatic N) is 2. The Kier molecular flexibility index (Phi) is 4.89. The van der Waals surface area contributed by atoms with E-state index in [2.05, 4.69) is 15.7 Å². The van der Waals surface area contributed by atoms with Crippen molar-refractivity contribution in [2.24, 2.45) is 0 Å². The molecule has 0 bridgehead atoms. The SMILES string of the molecule is Cc1ccc(NC(=O)Nc2cnn(CCO)c2)cc1C(F)(F)F. The Morgan fingerprint density at radius 3 is 2.65 bits per heavy atom. The fourth-order valence-corrected chi connectivity index (χ4v) is 1.95. The number of aliphatic hydroxyl groups excluding tert-OH is 1. The molecule has 3 N–H and O–H groups in total. The van der Waals surface area contributed by atoms with Crippen molar-refractivity contribution < 1.29 is 23.1 Å². The lowest BCUT2D eigenvalue weighted by atomic mass is 10.1. The normalized spacial score (nSPS) is 11.3. The van der Waals surface area contributed by atoms with E-state index >= 15 is 0 Å². The van der Waals surface area contributed by atoms with Gasteiger partial charge in [0.1, 0.15) is 0 Å². The Labute approximate surface area is 129 Å². The molecular formula is C14H15F3N4O2. The fourth-order valence-electron chi connectivity index (χ4n) is 1.95. The number of hydrogen-bond donors (Lipinski definition) is 3. The summed E-state index contributed by atoms with van der Waals surface area (Å²) in [7, 11) is 0. The number of aliphatic hydroxyl groups is 1. The van der Waals surface area contributed by atoms with E-state index in [4.69, 9.17) is 5.11 Å². The first-order valence-corrected chi connectivity index (χ1v) is 6.69. The molecule has 0 fully saturated rings. The molecule has 0 aliphatic heterocycles. The summed E-state index contributed by atoms with van der Waals surface area (Å²) in [6.07, 6.45) is -1.62. The molecule has 0 unspecified atom stereocenters. The van der Waals surface area contributed by atoms with Crippen LogP contribution in [0.25, 0.3) is 0 Å². The molecule has 9 heteroatoms. The summed E-state index contributed by atoms with van der Waals surface area (Å²) < 4.78 is 39.9. The number of halogens is 3. The van der Waals surface area contributed by atoms with Crippen LogP contribution in [0, 0.1) is 6.92 Å². The van der Waals surface area contributed by atoms with Gasteiger partial charge in [-0.05, 0) is 24.6 Å². The molecule has 0 saturated carbocycles. The zero-order valence-corrected chi connectivity index (χ0v) is 12.2. The number of nitrogens with one attached hydrogen (secondary N) is 2. The molecule has 1 aromatic heterocycles. The van der Waals surface area contributed by atoms with E-state index in [-0.39, 0.29) is 24.4 Å². The first kappa shape index (κ1) is 16.8. The highest BCUT2D eigenvalue weighted by atomic mass is 19.4. The molecule has 0 aliphatic rings. The minimum absolute atomic E-state index is 0.0307. The number of hydrogen-bond acceptors (Lipinski definition) is 3. The number of rotatable bonds is 4. The first-order chi connectivity index (χ1) is 10.8. The molecule has 1 aromatic carbocycles. The number of amides is 2. The second-order valence-electron chi connectivity index (χ2n) is 4.82. The summed E-state index contributed by atoms with van der Waals surface area (Å²) >= 11 is 0. The summed E-state index contributed by atoms with van der Waals surface area (Å²) in [5.74, 6) is 0. The van der Waals surface area contributed by atoms with Gasteiger partial charge in [0.25, 0.3) is 0 Å². The summed E-state index contributed by atoms with van der Waals surface area (Å²) in [6.45, 7) is 1.52. The van der Waals surface area contributed by atoms with E-state index in [0.29, 0.717) is 5.69 Å². The zero-order chi connectivity index (χ0) is 17.0. The molecule has 0 saturated heterocycles. The highest BCUT2D eigenvalue weighted by Crippen LogP contribution is 2.33. The standard InChI is InChI=1S/C14H15F3N4O2/c1-9-2-3-10(6-12(9)14(15,16)17)19-13(23)20-11-7-18-21(8-11)4-5-22/h2-3,6-8,22H,4-5H2,1H3,(H2,19,20,23). The monoisotopic (exact) mass is 328 g/mol. The zero-order valence-electron chi connectivity index (χ0n) is 12.2. The van der Waals surface area contributed by atoms with E-state index in [1.54, 1.807) is 0 Å². The molecule has 124 valence electrons. The third-order valence-corrected chi connectivity index (χ3v) is 3.02. The number of urea groups is 1. The van der Waals surface area contributed by atoms with Gasteiger partial charge in [-0.25, -0.2) is 4.79 Å². The van der Waals surface area contributed by atoms with Gasteiger partial charge in [0.15, 0.2) is 0 Å². The maximum atomic E-state index is 12.8. The second kappa shape index (κ2) is 6.69. The number of aryl methyl sites for hydroxylation is 1. The van der Waals surface area contributed by atoms with Gasteiger partial charge >= 0.3 is 12.2 Å². The van der Waals surface area contributed by atoms with Crippen LogP contribution in [0.3, 0.4) is 0 Å². The number of anilines is 2. The largest absolute Gasteiger partial charge is 0.416 e. The predicted octanol–water partition coefficient (Wildman–Crippen LogP) is 2.85. The van der Waals surface area contributed by atoms with Crippen LogP contribution in [0.4, 0.5) is 29.3 Å². The van der Waals surface area contributed by atoms with Gasteiger partial charge in [0, 0.05) is 11.9 Å². The quantitative estimate of drug-likeness (QED) is 0.807. The van der Waals surface area contributed by atoms with E-state index < -0.39 is 17.8 Å². The van der Waals surface area contributed by atoms with Gasteiger partial charge in [-0.3, -0.25) is 4.68 Å². The predicted molar refractivity (Wildman–Crippen MR) is 78.1 cm³/mol. The Morgan fingerprint density at radius 2 is 2.00 bits per heavy atom. The molecular weight excluding hydrogens is 313 g/mol. The minimum Gasteiger partial charge on any atom is -0.394 e. The molecule has 0 atom stereocenters. The molecule has 23 heavy (non-hydrogen) atoms. The molecule has 2 amide bonds. The Balaban J connectivity index is 2.05. The summed E-state index contributed by atoms with van der Waals surface area (Å²) in [5, 5.41) is 17.4. The molecule has 1 heterocycles. The maximum Gasteiger partial charge on any atom is 0.416 e. The summed E-state index contributed by atoms with van der Waals surface area (Å²) in [6, 6.07) is 2.87. The maximum absolute atomic E-state index is 12.8. The summed E-state index contributed by atoms with van der Waals surface area (Å²) in [4.78, 5) is 11.8. The third kappa shape index (κ3) is 4.46. The Morgan fingerprint density at radius 1 is 1.30 bits per heavy atom. The lowest BCUT2D eigenvalue weighted by molar-refractivity contribution is -0.138. The van der Waals surface area contributed by atoms with Crippen molar-refractivity contribution in [3.05, 3.63) is 41.7 Å². The average Bonchev–Trinajstić information content (AvgIpc) is 2.87. The van der Waals surface area contributed by atoms with Crippen molar-refractivity contribution >= 4 is 17.4 Å². The molecule has 0 spiro atoms. The average molecular weight is 328 g/mol. The molecule has 2 rings (SSSR count). The van der Waals surface area contributed by atoms with Crippen LogP contribution in [0.15, 0.2) is 30.6 Å². The first-order valence-electron chi connectivity index (χ1n) is 6.69. The summed E-state index contributed by atoms with van der Waals surface area (Å²) in [5.41, 5.74) is -0.331. The van der Waals surface area contributed by atoms with E-state index in [9.17, 15) is 18.0 Å². The van der Waals surface area contributed by atoms with E-state index in [0.717, 1.165) is 6.07 Å². The molecule has 0 radical (unpaired) electrons. The van der Waals surface area contributed by atoms with Crippen LogP contribution in [0.1, 0.15) is 11.1 Å². The topological polar surface area (TPSA) is 79.2 Å². The van der Waals surface area contributed by atoms with Gasteiger partial charge in [-0.15, -0.1) is 0 Å². The Bertz CT molecular complexity index is 698. The number of carbonyl (C=O) groups excluding carboxylic acids is 1. The number of benzene rings is 1. The van der Waals surface area contributed by atoms with Crippen LogP contribution in [0.5, 0.6) is 0 Å². The van der Waals surface area contributed by atoms with Crippen LogP contribution < -0.4 is 10.6 Å². The van der Waals surface area contributed by atoms with Gasteiger partial charge in [0.05, 0.1) is 30.6 Å². The van der Waals surface area contributed by atoms with Crippen LogP contribution >= 0.6 is 0 Å². The second-order valence-corrected chi connectivity index (χ2v) is 4.82. The number of carbonyl (C=O) groups is 1. The number of alkyl halides is 3. The lowest BCUT2D eigenvalue weighted by Gasteiger charge is -2.13. The van der Waals surface area contributed by atoms with Gasteiger partial charge in [0.2, 0.25) is 0 Å². The lowest BCUT2D eigenvalue weighted by Crippen LogP contribution is -2.19. The highest BCUT2D eigenvalue weighted by Gasteiger charge is 2.32. The minimum atomic E-state index is -4.48. The van der Waals surface area contributed by atoms with Crippen LogP contribution in [-0.4, -0.2) is 27.5 Å². The van der Waals surface area contributed by atoms with Crippen molar-refractivity contribution in [1.29, 1.82) is 0 Å². The molecule has 0 aliphatic carbocycles. The van der Waals surface area contributed by atoms with Gasteiger partial charge in [-0.2, -0.15) is 18.3 Å². The van der Waals surface area contributed by atoms with E-state index in [1.165, 1.54) is 36.1 Å². The van der Waals surface area contributed by atoms with Crippen molar-refractivity contribution in [2.75, 3.05) is 17.2 Å². The number of aromatic nitrogens is 2. The van der Waals surface area contributed by atoms with Gasteiger partial charge in [-0.1, -0.05) is 6.07 Å². The fraction of sp³-hybridized carbons (Fsp3) is 0.286. The van der Waals surface area contributed by atoms with Crippen molar-refractivity contribution in [2.45, 2.75) is 19.6 Å². The van der Waals surface area contributed by atoms with Crippen molar-refractivity contribution in [3.8, 4) is 0 Å². The Hall–Kier alpha value is -2.55. The van der Waals surface area contributed by atoms with E-state index in [1.807, 2.05) is 0 Å². The van der Waals surface area contributed by atoms with Crippen LogP contribution in [0.2, 0.25) is 0 Å².